The fourth-order valence-corrected chi connectivity index (χ4v) is 7.30. The van der Waals surface area contributed by atoms with Gasteiger partial charge in [-0.15, -0.1) is 0 Å². The number of rotatable bonds is 4. The number of hydrogen-bond acceptors (Lipinski definition) is 2. The van der Waals surface area contributed by atoms with Crippen LogP contribution in [0.2, 0.25) is 0 Å². The highest BCUT2D eigenvalue weighted by molar-refractivity contribution is 6.07. The Morgan fingerprint density at radius 3 is 2.50 bits per heavy atom. The highest BCUT2D eigenvalue weighted by atomic mass is 16.3. The zero-order chi connectivity index (χ0) is 21.8. The third-order valence-electron chi connectivity index (χ3n) is 9.78. The highest BCUT2D eigenvalue weighted by Gasteiger charge is 2.56. The third kappa shape index (κ3) is 3.38. The lowest BCUT2D eigenvalue weighted by Gasteiger charge is -2.51. The number of allylic oxidation sites excluding steroid dienone is 5. The van der Waals surface area contributed by atoms with Gasteiger partial charge in [-0.25, -0.2) is 0 Å². The van der Waals surface area contributed by atoms with Gasteiger partial charge in [0.1, 0.15) is 0 Å². The molecule has 4 aliphatic rings. The molecule has 0 bridgehead atoms. The van der Waals surface area contributed by atoms with E-state index in [2.05, 4.69) is 53.7 Å². The topological polar surface area (TPSA) is 37.3 Å². The molecule has 0 spiro atoms. The highest BCUT2D eigenvalue weighted by Crippen LogP contribution is 2.64. The molecule has 0 aromatic rings. The van der Waals surface area contributed by atoms with Crippen LogP contribution >= 0.6 is 0 Å². The number of hydrogen-bond donors (Lipinski definition) is 1. The van der Waals surface area contributed by atoms with Crippen LogP contribution in [0.1, 0.15) is 86.5 Å². The monoisotopic (exact) mass is 410 g/mol. The molecule has 4 rings (SSSR count). The molecule has 0 heterocycles. The predicted molar refractivity (Wildman–Crippen MR) is 124 cm³/mol. The Balaban J connectivity index is 1.62. The fraction of sp³-hybridized carbons (Fsp3) is 0.750. The molecule has 7 atom stereocenters. The molecule has 0 radical (unpaired) electrons. The van der Waals surface area contributed by atoms with E-state index in [0.717, 1.165) is 25.7 Å². The molecule has 166 valence electrons. The summed E-state index contributed by atoms with van der Waals surface area (Å²) in [6, 6.07) is 0. The molecule has 2 fully saturated rings. The molecule has 4 aliphatic carbocycles. The SMILES string of the molecule is CC(C)C(C)/C=C/[C@@H](C)[C@H]1CC[C@H]2C3=C(CC[C@]12C)[C@@]1(C)CCC(O)CC1=CC3=O. The van der Waals surface area contributed by atoms with Gasteiger partial charge in [0.15, 0.2) is 5.78 Å². The minimum atomic E-state index is -0.273. The van der Waals surface area contributed by atoms with Crippen molar-refractivity contribution in [3.8, 4) is 0 Å². The smallest absolute Gasteiger partial charge is 0.182 e. The van der Waals surface area contributed by atoms with Gasteiger partial charge < -0.3 is 5.11 Å². The van der Waals surface area contributed by atoms with E-state index < -0.39 is 0 Å². The zero-order valence-electron chi connectivity index (χ0n) is 20.0. The minimum absolute atomic E-state index is 0.0140. The van der Waals surface area contributed by atoms with Gasteiger partial charge in [-0.05, 0) is 86.0 Å². The lowest BCUT2D eigenvalue weighted by atomic mass is 9.53. The Kier molecular flexibility index (Phi) is 5.71. The molecular weight excluding hydrogens is 368 g/mol. The molecule has 2 unspecified atom stereocenters. The Morgan fingerprint density at radius 1 is 1.07 bits per heavy atom. The second kappa shape index (κ2) is 7.76. The summed E-state index contributed by atoms with van der Waals surface area (Å²) in [7, 11) is 0. The van der Waals surface area contributed by atoms with Crippen LogP contribution in [0.4, 0.5) is 0 Å². The van der Waals surface area contributed by atoms with Crippen LogP contribution < -0.4 is 0 Å². The second-order valence-corrected chi connectivity index (χ2v) is 11.7. The van der Waals surface area contributed by atoms with Crippen molar-refractivity contribution in [2.24, 2.45) is 40.4 Å². The largest absolute Gasteiger partial charge is 0.393 e. The van der Waals surface area contributed by atoms with Crippen LogP contribution in [0.15, 0.2) is 34.9 Å². The number of ketones is 1. The van der Waals surface area contributed by atoms with Crippen molar-refractivity contribution in [3.63, 3.8) is 0 Å². The Bertz CT molecular complexity index is 799. The lowest BCUT2D eigenvalue weighted by Crippen LogP contribution is -2.44. The van der Waals surface area contributed by atoms with Gasteiger partial charge in [0.05, 0.1) is 6.10 Å². The number of aliphatic hydroxyl groups is 1. The summed E-state index contributed by atoms with van der Waals surface area (Å²) in [5.41, 5.74) is 4.06. The fourth-order valence-electron chi connectivity index (χ4n) is 7.30. The molecule has 0 amide bonds. The summed E-state index contributed by atoms with van der Waals surface area (Å²) < 4.78 is 0. The van der Waals surface area contributed by atoms with Gasteiger partial charge in [-0.2, -0.15) is 0 Å². The van der Waals surface area contributed by atoms with E-state index in [-0.39, 0.29) is 22.7 Å². The molecule has 2 saturated carbocycles. The van der Waals surface area contributed by atoms with Crippen molar-refractivity contribution in [2.45, 2.75) is 92.6 Å². The molecule has 1 N–H and O–H groups in total. The second-order valence-electron chi connectivity index (χ2n) is 11.7. The number of aliphatic hydroxyl groups excluding tert-OH is 1. The first-order valence-electron chi connectivity index (χ1n) is 12.4. The number of carbonyl (C=O) groups excluding carboxylic acids is 1. The van der Waals surface area contributed by atoms with Gasteiger partial charge >= 0.3 is 0 Å². The predicted octanol–water partition coefficient (Wildman–Crippen LogP) is 6.65. The van der Waals surface area contributed by atoms with Gasteiger partial charge in [-0.3, -0.25) is 4.79 Å². The molecule has 2 nitrogen and oxygen atoms in total. The van der Waals surface area contributed by atoms with E-state index in [1.807, 2.05) is 6.08 Å². The van der Waals surface area contributed by atoms with Crippen LogP contribution in [0.5, 0.6) is 0 Å². The lowest BCUT2D eigenvalue weighted by molar-refractivity contribution is -0.113. The number of carbonyl (C=O) groups is 1. The molecule has 0 aliphatic heterocycles. The summed E-state index contributed by atoms with van der Waals surface area (Å²) >= 11 is 0. The summed E-state index contributed by atoms with van der Waals surface area (Å²) in [6.45, 7) is 14.1. The summed E-state index contributed by atoms with van der Waals surface area (Å²) in [5, 5.41) is 10.2. The maximum absolute atomic E-state index is 13.4. The van der Waals surface area contributed by atoms with Crippen molar-refractivity contribution in [1.29, 1.82) is 0 Å². The first kappa shape index (κ1) is 22.1. The molecule has 30 heavy (non-hydrogen) atoms. The van der Waals surface area contributed by atoms with E-state index in [0.29, 0.717) is 36.0 Å². The van der Waals surface area contributed by atoms with E-state index in [1.54, 1.807) is 0 Å². The van der Waals surface area contributed by atoms with Crippen LogP contribution in [0.3, 0.4) is 0 Å². The quantitative estimate of drug-likeness (QED) is 0.527. The summed E-state index contributed by atoms with van der Waals surface area (Å²) in [6.07, 6.45) is 13.7. The van der Waals surface area contributed by atoms with Gasteiger partial charge in [0.25, 0.3) is 0 Å². The summed E-state index contributed by atoms with van der Waals surface area (Å²) in [4.78, 5) is 13.4. The van der Waals surface area contributed by atoms with Crippen molar-refractivity contribution in [2.75, 3.05) is 0 Å². The van der Waals surface area contributed by atoms with Crippen molar-refractivity contribution < 1.29 is 9.90 Å². The molecule has 0 saturated heterocycles. The van der Waals surface area contributed by atoms with Crippen LogP contribution in [0, 0.1) is 40.4 Å². The average molecular weight is 411 g/mol. The van der Waals surface area contributed by atoms with Crippen molar-refractivity contribution in [3.05, 3.63) is 34.9 Å². The van der Waals surface area contributed by atoms with E-state index in [9.17, 15) is 9.90 Å². The van der Waals surface area contributed by atoms with E-state index >= 15 is 0 Å². The Morgan fingerprint density at radius 2 is 1.80 bits per heavy atom. The zero-order valence-corrected chi connectivity index (χ0v) is 20.0. The normalized spacial score (nSPS) is 40.9. The number of fused-ring (bicyclic) bond motifs is 4. The van der Waals surface area contributed by atoms with Crippen LogP contribution in [0.25, 0.3) is 0 Å². The molecular formula is C28H42O2. The maximum atomic E-state index is 13.4. The van der Waals surface area contributed by atoms with Gasteiger partial charge in [0, 0.05) is 11.0 Å². The molecule has 0 aromatic heterocycles. The van der Waals surface area contributed by atoms with Crippen molar-refractivity contribution in [1.82, 2.24) is 0 Å². The summed E-state index contributed by atoms with van der Waals surface area (Å²) in [5.74, 6) is 3.19. The van der Waals surface area contributed by atoms with Crippen LogP contribution in [-0.2, 0) is 4.79 Å². The Labute approximate surface area is 183 Å². The van der Waals surface area contributed by atoms with E-state index in [1.165, 1.54) is 29.6 Å². The van der Waals surface area contributed by atoms with E-state index in [4.69, 9.17) is 0 Å². The maximum Gasteiger partial charge on any atom is 0.182 e. The average Bonchev–Trinajstić information content (AvgIpc) is 3.04. The van der Waals surface area contributed by atoms with Gasteiger partial charge in [0.2, 0.25) is 0 Å². The molecule has 0 aromatic carbocycles. The first-order chi connectivity index (χ1) is 14.1. The van der Waals surface area contributed by atoms with Crippen LogP contribution in [-0.4, -0.2) is 17.0 Å². The van der Waals surface area contributed by atoms with Gasteiger partial charge in [-0.1, -0.05) is 64.8 Å². The standard InChI is InChI=1S/C28H42O2/c1-17(2)18(3)7-8-19(4)22-9-10-23-26-24(12-14-28(22,23)6)27(5)13-11-21(29)15-20(27)16-25(26)30/h7-8,16-19,21-23,29H,9-15H2,1-6H3/b8-7+/t18?,19-,21?,22-,23+,27+,28-/m1/s1. The Hall–Kier alpha value is -1.15. The molecule has 2 heteroatoms. The first-order valence-corrected chi connectivity index (χ1v) is 12.4. The minimum Gasteiger partial charge on any atom is -0.393 e. The third-order valence-corrected chi connectivity index (χ3v) is 9.78. The van der Waals surface area contributed by atoms with Crippen molar-refractivity contribution >= 4 is 5.78 Å².